The predicted octanol–water partition coefficient (Wildman–Crippen LogP) is 2.59. The van der Waals surface area contributed by atoms with E-state index in [1.54, 1.807) is 18.2 Å². The number of halogens is 1. The Morgan fingerprint density at radius 2 is 1.86 bits per heavy atom. The number of carbonyl (C=O) groups is 1. The van der Waals surface area contributed by atoms with Crippen LogP contribution in [-0.4, -0.2) is 38.5 Å². The number of nitrogens with zero attached hydrogens (tertiary/aromatic N) is 1. The number of nitrogens with one attached hydrogen (secondary N) is 1. The van der Waals surface area contributed by atoms with Crippen LogP contribution in [0.3, 0.4) is 0 Å². The zero-order valence-electron chi connectivity index (χ0n) is 14.9. The summed E-state index contributed by atoms with van der Waals surface area (Å²) in [7, 11) is -3.78. The van der Waals surface area contributed by atoms with Crippen molar-refractivity contribution in [3.63, 3.8) is 0 Å². The highest BCUT2D eigenvalue weighted by Gasteiger charge is 2.33. The van der Waals surface area contributed by atoms with Gasteiger partial charge < -0.3 is 14.8 Å². The number of ether oxygens (including phenoxy) is 2. The van der Waals surface area contributed by atoms with Crippen molar-refractivity contribution < 1.29 is 27.1 Å². The number of benzene rings is 2. The molecule has 148 valence electrons. The zero-order valence-corrected chi connectivity index (χ0v) is 15.7. The van der Waals surface area contributed by atoms with Gasteiger partial charge in [-0.25, -0.2) is 12.8 Å². The Hall–Kier alpha value is -2.65. The number of hydrogen-bond donors (Lipinski definition) is 1. The molecule has 2 aliphatic rings. The van der Waals surface area contributed by atoms with Crippen molar-refractivity contribution in [2.75, 3.05) is 25.2 Å². The first kappa shape index (κ1) is 18.7. The summed E-state index contributed by atoms with van der Waals surface area (Å²) < 4.78 is 50.5. The molecule has 1 amide bonds. The number of rotatable bonds is 4. The van der Waals surface area contributed by atoms with Gasteiger partial charge in [0, 0.05) is 24.8 Å². The van der Waals surface area contributed by atoms with Crippen molar-refractivity contribution in [3.8, 4) is 11.5 Å². The molecule has 0 radical (unpaired) electrons. The number of carbonyl (C=O) groups excluding carboxylic acids is 1. The van der Waals surface area contributed by atoms with Crippen LogP contribution in [0.2, 0.25) is 0 Å². The molecule has 2 aliphatic heterocycles. The second-order valence-electron chi connectivity index (χ2n) is 6.71. The molecule has 2 aromatic rings. The second kappa shape index (κ2) is 7.40. The maximum absolute atomic E-state index is 13.1. The highest BCUT2D eigenvalue weighted by Crippen LogP contribution is 2.34. The minimum Gasteiger partial charge on any atom is -0.454 e. The summed E-state index contributed by atoms with van der Waals surface area (Å²) >= 11 is 0. The lowest BCUT2D eigenvalue weighted by Gasteiger charge is -2.31. The monoisotopic (exact) mass is 406 g/mol. The lowest BCUT2D eigenvalue weighted by Crippen LogP contribution is -2.43. The molecular formula is C19H19FN2O5S. The Balaban J connectivity index is 1.45. The first-order chi connectivity index (χ1) is 13.4. The number of fused-ring (bicyclic) bond motifs is 1. The van der Waals surface area contributed by atoms with E-state index in [1.807, 2.05) is 0 Å². The molecule has 0 aliphatic carbocycles. The standard InChI is InChI=1S/C19H19FN2O5S/c20-14-3-6-16(7-4-14)28(24,25)22-9-1-2-13(11-22)19(23)21-15-5-8-17-18(10-15)27-12-26-17/h3-8,10,13H,1-2,9,11-12H2,(H,21,23)/t13-/m1/s1. The van der Waals surface area contributed by atoms with Crippen LogP contribution in [-0.2, 0) is 14.8 Å². The minimum atomic E-state index is -3.78. The third-order valence-electron chi connectivity index (χ3n) is 4.85. The second-order valence-corrected chi connectivity index (χ2v) is 8.65. The van der Waals surface area contributed by atoms with E-state index in [2.05, 4.69) is 5.32 Å². The summed E-state index contributed by atoms with van der Waals surface area (Å²) in [6.07, 6.45) is 1.16. The van der Waals surface area contributed by atoms with E-state index >= 15 is 0 Å². The fraction of sp³-hybridized carbons (Fsp3) is 0.316. The van der Waals surface area contributed by atoms with Gasteiger partial charge in [0.15, 0.2) is 11.5 Å². The summed E-state index contributed by atoms with van der Waals surface area (Å²) in [6, 6.07) is 9.80. The van der Waals surface area contributed by atoms with Gasteiger partial charge in [0.05, 0.1) is 10.8 Å². The topological polar surface area (TPSA) is 84.9 Å². The SMILES string of the molecule is O=C(Nc1ccc2c(c1)OCO2)[C@@H]1CCCN(S(=O)(=O)c2ccc(F)cc2)C1. The molecule has 0 spiro atoms. The van der Waals surface area contributed by atoms with Crippen molar-refractivity contribution in [1.29, 1.82) is 0 Å². The molecule has 4 rings (SSSR count). The number of amides is 1. The van der Waals surface area contributed by atoms with Gasteiger partial charge >= 0.3 is 0 Å². The lowest BCUT2D eigenvalue weighted by molar-refractivity contribution is -0.120. The smallest absolute Gasteiger partial charge is 0.243 e. The van der Waals surface area contributed by atoms with Crippen molar-refractivity contribution in [2.45, 2.75) is 17.7 Å². The number of sulfonamides is 1. The van der Waals surface area contributed by atoms with Crippen molar-refractivity contribution >= 4 is 21.6 Å². The van der Waals surface area contributed by atoms with E-state index in [0.29, 0.717) is 36.6 Å². The third kappa shape index (κ3) is 3.67. The normalized spacial score (nSPS) is 19.4. The molecule has 0 unspecified atom stereocenters. The maximum atomic E-state index is 13.1. The predicted molar refractivity (Wildman–Crippen MR) is 99.1 cm³/mol. The fourth-order valence-corrected chi connectivity index (χ4v) is 4.87. The molecule has 2 aromatic carbocycles. The van der Waals surface area contributed by atoms with Gasteiger partial charge in [0.1, 0.15) is 5.82 Å². The molecule has 1 saturated heterocycles. The number of piperidine rings is 1. The minimum absolute atomic E-state index is 0.0192. The molecule has 1 N–H and O–H groups in total. The van der Waals surface area contributed by atoms with Crippen LogP contribution in [0.25, 0.3) is 0 Å². The van der Waals surface area contributed by atoms with Crippen LogP contribution < -0.4 is 14.8 Å². The van der Waals surface area contributed by atoms with E-state index in [9.17, 15) is 17.6 Å². The van der Waals surface area contributed by atoms with Crippen LogP contribution in [0.15, 0.2) is 47.4 Å². The Labute approximate surface area is 162 Å². The van der Waals surface area contributed by atoms with Gasteiger partial charge in [-0.15, -0.1) is 0 Å². The first-order valence-corrected chi connectivity index (χ1v) is 10.3. The van der Waals surface area contributed by atoms with E-state index in [0.717, 1.165) is 12.1 Å². The molecule has 0 bridgehead atoms. The van der Waals surface area contributed by atoms with Crippen LogP contribution in [0.4, 0.5) is 10.1 Å². The van der Waals surface area contributed by atoms with E-state index in [4.69, 9.17) is 9.47 Å². The molecule has 1 fully saturated rings. The van der Waals surface area contributed by atoms with Gasteiger partial charge in [-0.2, -0.15) is 4.31 Å². The number of hydrogen-bond acceptors (Lipinski definition) is 5. The van der Waals surface area contributed by atoms with Crippen molar-refractivity contribution in [1.82, 2.24) is 4.31 Å². The van der Waals surface area contributed by atoms with E-state index in [1.165, 1.54) is 16.4 Å². The number of anilines is 1. The molecule has 9 heteroatoms. The maximum Gasteiger partial charge on any atom is 0.243 e. The Morgan fingerprint density at radius 3 is 2.64 bits per heavy atom. The van der Waals surface area contributed by atoms with Crippen LogP contribution in [0, 0.1) is 11.7 Å². The Morgan fingerprint density at radius 1 is 1.11 bits per heavy atom. The lowest BCUT2D eigenvalue weighted by atomic mass is 9.98. The summed E-state index contributed by atoms with van der Waals surface area (Å²) in [5.41, 5.74) is 0.563. The third-order valence-corrected chi connectivity index (χ3v) is 6.73. The highest BCUT2D eigenvalue weighted by molar-refractivity contribution is 7.89. The van der Waals surface area contributed by atoms with Crippen LogP contribution in [0.1, 0.15) is 12.8 Å². The van der Waals surface area contributed by atoms with Crippen LogP contribution in [0.5, 0.6) is 11.5 Å². The molecule has 1 atom stereocenters. The van der Waals surface area contributed by atoms with Gasteiger partial charge in [-0.05, 0) is 49.2 Å². The first-order valence-electron chi connectivity index (χ1n) is 8.90. The van der Waals surface area contributed by atoms with Crippen LogP contribution >= 0.6 is 0 Å². The molecule has 2 heterocycles. The van der Waals surface area contributed by atoms with Crippen molar-refractivity contribution in [2.24, 2.45) is 5.92 Å². The highest BCUT2D eigenvalue weighted by atomic mass is 32.2. The van der Waals surface area contributed by atoms with Gasteiger partial charge in [-0.3, -0.25) is 4.79 Å². The molecule has 28 heavy (non-hydrogen) atoms. The molecule has 0 aromatic heterocycles. The zero-order chi connectivity index (χ0) is 19.7. The Bertz CT molecular complexity index is 994. The quantitative estimate of drug-likeness (QED) is 0.844. The summed E-state index contributed by atoms with van der Waals surface area (Å²) in [5, 5.41) is 2.82. The summed E-state index contributed by atoms with van der Waals surface area (Å²) in [4.78, 5) is 12.7. The average molecular weight is 406 g/mol. The van der Waals surface area contributed by atoms with Gasteiger partial charge in [0.25, 0.3) is 0 Å². The van der Waals surface area contributed by atoms with E-state index in [-0.39, 0.29) is 24.1 Å². The fourth-order valence-electron chi connectivity index (χ4n) is 3.35. The summed E-state index contributed by atoms with van der Waals surface area (Å²) in [6.45, 7) is 0.551. The van der Waals surface area contributed by atoms with Gasteiger partial charge in [0.2, 0.25) is 22.7 Å². The largest absolute Gasteiger partial charge is 0.454 e. The Kier molecular flexibility index (Phi) is 4.94. The molecule has 7 nitrogen and oxygen atoms in total. The average Bonchev–Trinajstić information content (AvgIpc) is 3.16. The van der Waals surface area contributed by atoms with Crippen molar-refractivity contribution in [3.05, 3.63) is 48.3 Å². The van der Waals surface area contributed by atoms with E-state index < -0.39 is 21.8 Å². The molecular weight excluding hydrogens is 387 g/mol. The van der Waals surface area contributed by atoms with Gasteiger partial charge in [-0.1, -0.05) is 0 Å². The summed E-state index contributed by atoms with van der Waals surface area (Å²) in [5.74, 6) is -0.0555. The molecule has 0 saturated carbocycles.